The molecule has 2 rings (SSSR count). The zero-order valence-corrected chi connectivity index (χ0v) is 12.0. The van der Waals surface area contributed by atoms with Crippen molar-refractivity contribution in [2.75, 3.05) is 6.54 Å². The summed E-state index contributed by atoms with van der Waals surface area (Å²) in [6, 6.07) is 9.53. The van der Waals surface area contributed by atoms with E-state index in [9.17, 15) is 4.79 Å². The second-order valence-corrected chi connectivity index (χ2v) is 3.82. The maximum absolute atomic E-state index is 11.8. The lowest BCUT2D eigenvalue weighted by Crippen LogP contribution is -2.11. The Balaban J connectivity index is 0.00000180. The van der Waals surface area contributed by atoms with Gasteiger partial charge in [0.2, 0.25) is 0 Å². The van der Waals surface area contributed by atoms with E-state index in [1.54, 1.807) is 0 Å². The van der Waals surface area contributed by atoms with E-state index in [0.717, 1.165) is 5.56 Å². The maximum Gasteiger partial charge on any atom is 0.357 e. The molecule has 0 bridgehead atoms. The summed E-state index contributed by atoms with van der Waals surface area (Å²) in [4.78, 5) is 18.7. The third-order valence-corrected chi connectivity index (χ3v) is 2.52. The first-order valence-corrected chi connectivity index (χ1v) is 5.74. The van der Waals surface area contributed by atoms with Gasteiger partial charge >= 0.3 is 5.97 Å². The van der Waals surface area contributed by atoms with Gasteiger partial charge in [-0.15, -0.1) is 17.0 Å². The molecular formula is C13H16BrN3O2. The number of hydrogen-bond acceptors (Lipinski definition) is 4. The van der Waals surface area contributed by atoms with E-state index in [1.165, 1.54) is 6.33 Å². The number of aromatic nitrogens is 2. The van der Waals surface area contributed by atoms with Gasteiger partial charge in [-0.1, -0.05) is 30.3 Å². The number of nitrogens with zero attached hydrogens (tertiary/aromatic N) is 1. The lowest BCUT2D eigenvalue weighted by molar-refractivity contribution is 0.0465. The van der Waals surface area contributed by atoms with Crippen LogP contribution in [0.5, 0.6) is 0 Å². The summed E-state index contributed by atoms with van der Waals surface area (Å²) in [7, 11) is 0. The van der Waals surface area contributed by atoms with E-state index in [2.05, 4.69) is 9.97 Å². The molecule has 5 nitrogen and oxygen atoms in total. The summed E-state index contributed by atoms with van der Waals surface area (Å²) < 4.78 is 5.21. The van der Waals surface area contributed by atoms with Gasteiger partial charge in [0.1, 0.15) is 12.3 Å². The van der Waals surface area contributed by atoms with Gasteiger partial charge in [-0.05, 0) is 12.1 Å². The number of nitrogens with two attached hydrogens (primary N) is 1. The lowest BCUT2D eigenvalue weighted by atomic mass is 10.2. The number of carbonyl (C=O) groups excluding carboxylic acids is 1. The standard InChI is InChI=1S/C13H15N3O2.BrH/c14-7-6-11-12(16-9-15-11)13(17)18-8-10-4-2-1-3-5-10;/h1-5,9H,6-8,14H2,(H,15,16);1H. The van der Waals surface area contributed by atoms with E-state index in [4.69, 9.17) is 10.5 Å². The van der Waals surface area contributed by atoms with Crippen LogP contribution in [0.1, 0.15) is 21.7 Å². The number of benzene rings is 1. The molecule has 0 amide bonds. The van der Waals surface area contributed by atoms with Gasteiger partial charge in [-0.25, -0.2) is 9.78 Å². The van der Waals surface area contributed by atoms with Gasteiger partial charge in [0.25, 0.3) is 0 Å². The third-order valence-electron chi connectivity index (χ3n) is 2.52. The van der Waals surface area contributed by atoms with E-state index in [-0.39, 0.29) is 23.6 Å². The molecule has 0 unspecified atom stereocenters. The second kappa shape index (κ2) is 7.70. The van der Waals surface area contributed by atoms with Crippen LogP contribution in [0.15, 0.2) is 36.7 Å². The van der Waals surface area contributed by atoms with Crippen LogP contribution in [0, 0.1) is 0 Å². The zero-order valence-electron chi connectivity index (χ0n) is 10.3. The van der Waals surface area contributed by atoms with Crippen molar-refractivity contribution in [3.8, 4) is 0 Å². The summed E-state index contributed by atoms with van der Waals surface area (Å²) in [6.45, 7) is 0.699. The molecule has 1 aromatic heterocycles. The van der Waals surface area contributed by atoms with Crippen LogP contribution >= 0.6 is 17.0 Å². The molecule has 0 atom stereocenters. The topological polar surface area (TPSA) is 81.0 Å². The Morgan fingerprint density at radius 2 is 2.05 bits per heavy atom. The van der Waals surface area contributed by atoms with E-state index in [0.29, 0.717) is 24.4 Å². The van der Waals surface area contributed by atoms with Crippen LogP contribution in [0.4, 0.5) is 0 Å². The quantitative estimate of drug-likeness (QED) is 0.822. The number of rotatable bonds is 5. The molecule has 6 heteroatoms. The predicted molar refractivity (Wildman–Crippen MR) is 77.2 cm³/mol. The van der Waals surface area contributed by atoms with Gasteiger partial charge in [0.05, 0.1) is 12.0 Å². The van der Waals surface area contributed by atoms with Crippen LogP contribution in [-0.2, 0) is 17.8 Å². The average molecular weight is 326 g/mol. The predicted octanol–water partition coefficient (Wildman–Crippen LogP) is 1.85. The Kier molecular flexibility index (Phi) is 6.24. The third kappa shape index (κ3) is 4.18. The fraction of sp³-hybridized carbons (Fsp3) is 0.231. The largest absolute Gasteiger partial charge is 0.456 e. The smallest absolute Gasteiger partial charge is 0.357 e. The molecule has 0 aliphatic carbocycles. The van der Waals surface area contributed by atoms with Gasteiger partial charge in [-0.2, -0.15) is 0 Å². The van der Waals surface area contributed by atoms with Crippen molar-refractivity contribution in [3.05, 3.63) is 53.6 Å². The molecule has 2 aromatic rings. The molecule has 1 aromatic carbocycles. The number of imidazole rings is 1. The van der Waals surface area contributed by atoms with Gasteiger partial charge in [0, 0.05) is 6.42 Å². The van der Waals surface area contributed by atoms with Crippen LogP contribution in [0.3, 0.4) is 0 Å². The summed E-state index contributed by atoms with van der Waals surface area (Å²) >= 11 is 0. The van der Waals surface area contributed by atoms with Crippen LogP contribution in [-0.4, -0.2) is 22.5 Å². The monoisotopic (exact) mass is 325 g/mol. The number of halogens is 1. The highest BCUT2D eigenvalue weighted by Crippen LogP contribution is 2.08. The maximum atomic E-state index is 11.8. The number of hydrogen-bond donors (Lipinski definition) is 2. The minimum atomic E-state index is -0.403. The summed E-state index contributed by atoms with van der Waals surface area (Å²) in [5.74, 6) is -0.403. The molecule has 1 heterocycles. The van der Waals surface area contributed by atoms with Crippen molar-refractivity contribution in [1.82, 2.24) is 9.97 Å². The molecule has 0 saturated carbocycles. The van der Waals surface area contributed by atoms with Crippen molar-refractivity contribution in [2.24, 2.45) is 5.73 Å². The fourth-order valence-corrected chi connectivity index (χ4v) is 1.62. The summed E-state index contributed by atoms with van der Waals surface area (Å²) in [5, 5.41) is 0. The molecule has 3 N–H and O–H groups in total. The molecule has 0 spiro atoms. The molecular weight excluding hydrogens is 310 g/mol. The molecule has 19 heavy (non-hydrogen) atoms. The Morgan fingerprint density at radius 1 is 1.32 bits per heavy atom. The fourth-order valence-electron chi connectivity index (χ4n) is 1.62. The molecule has 102 valence electrons. The van der Waals surface area contributed by atoms with Crippen LogP contribution in [0.2, 0.25) is 0 Å². The highest BCUT2D eigenvalue weighted by atomic mass is 79.9. The van der Waals surface area contributed by atoms with Crippen molar-refractivity contribution in [1.29, 1.82) is 0 Å². The first-order valence-electron chi connectivity index (χ1n) is 5.74. The Labute approximate surface area is 122 Å². The number of ether oxygens (including phenoxy) is 1. The molecule has 0 aliphatic rings. The second-order valence-electron chi connectivity index (χ2n) is 3.82. The number of nitrogens with one attached hydrogen (secondary N) is 1. The van der Waals surface area contributed by atoms with Gasteiger partial charge < -0.3 is 15.5 Å². The molecule has 0 radical (unpaired) electrons. The number of carbonyl (C=O) groups is 1. The number of H-pyrrole nitrogens is 1. The Bertz CT molecular complexity index is 514. The van der Waals surface area contributed by atoms with E-state index >= 15 is 0 Å². The minimum absolute atomic E-state index is 0. The van der Waals surface area contributed by atoms with Crippen LogP contribution < -0.4 is 5.73 Å². The lowest BCUT2D eigenvalue weighted by Gasteiger charge is -2.04. The molecule has 0 saturated heterocycles. The Morgan fingerprint density at radius 3 is 2.74 bits per heavy atom. The van der Waals surface area contributed by atoms with Crippen LogP contribution in [0.25, 0.3) is 0 Å². The SMILES string of the molecule is Br.NCCc1nc[nH]c1C(=O)OCc1ccccc1. The van der Waals surface area contributed by atoms with Gasteiger partial charge in [-0.3, -0.25) is 0 Å². The van der Waals surface area contributed by atoms with E-state index < -0.39 is 5.97 Å². The number of esters is 1. The van der Waals surface area contributed by atoms with E-state index in [1.807, 2.05) is 30.3 Å². The van der Waals surface area contributed by atoms with Crippen molar-refractivity contribution in [2.45, 2.75) is 13.0 Å². The van der Waals surface area contributed by atoms with Crippen molar-refractivity contribution >= 4 is 23.0 Å². The Hall–Kier alpha value is -1.66. The van der Waals surface area contributed by atoms with Crippen molar-refractivity contribution in [3.63, 3.8) is 0 Å². The van der Waals surface area contributed by atoms with Crippen molar-refractivity contribution < 1.29 is 9.53 Å². The highest BCUT2D eigenvalue weighted by Gasteiger charge is 2.14. The molecule has 0 fully saturated rings. The number of aromatic amines is 1. The zero-order chi connectivity index (χ0) is 12.8. The minimum Gasteiger partial charge on any atom is -0.456 e. The molecule has 0 aliphatic heterocycles. The normalized spacial score (nSPS) is 9.74. The summed E-state index contributed by atoms with van der Waals surface area (Å²) in [5.41, 5.74) is 7.43. The highest BCUT2D eigenvalue weighted by molar-refractivity contribution is 8.93. The average Bonchev–Trinajstić information content (AvgIpc) is 2.86. The first-order chi connectivity index (χ1) is 8.81. The summed E-state index contributed by atoms with van der Waals surface area (Å²) in [6.07, 6.45) is 2.03. The van der Waals surface area contributed by atoms with Gasteiger partial charge in [0.15, 0.2) is 0 Å². The first kappa shape index (κ1) is 15.4.